The topological polar surface area (TPSA) is 80.0 Å². The predicted octanol–water partition coefficient (Wildman–Crippen LogP) is 2.78. The average Bonchev–Trinajstić information content (AvgIpc) is 2.57. The Kier molecular flexibility index (Phi) is 8.95. The number of carbonyl (C=O) groups excluding carboxylic acids is 1. The van der Waals surface area contributed by atoms with E-state index in [1.807, 2.05) is 6.07 Å². The molecule has 1 aromatic carbocycles. The van der Waals surface area contributed by atoms with Crippen LogP contribution in [-0.4, -0.2) is 42.7 Å². The quantitative estimate of drug-likeness (QED) is 0.408. The Balaban J connectivity index is 0.00000312. The fourth-order valence-electron chi connectivity index (χ4n) is 2.59. The van der Waals surface area contributed by atoms with Gasteiger partial charge in [-0.3, -0.25) is 0 Å². The van der Waals surface area contributed by atoms with E-state index in [1.54, 1.807) is 24.8 Å². The van der Waals surface area contributed by atoms with Gasteiger partial charge >= 0.3 is 6.09 Å². The van der Waals surface area contributed by atoms with Gasteiger partial charge in [-0.15, -0.1) is 24.0 Å². The van der Waals surface area contributed by atoms with Gasteiger partial charge in [0.25, 0.3) is 0 Å². The van der Waals surface area contributed by atoms with Crippen LogP contribution >= 0.6 is 24.0 Å². The second-order valence-corrected chi connectivity index (χ2v) is 5.89. The number of piperidine rings is 1. The van der Waals surface area contributed by atoms with Crippen LogP contribution in [0.25, 0.3) is 0 Å². The number of rotatable bonds is 4. The number of likely N-dealkylation sites (tertiary alicyclic amines) is 1. The number of ether oxygens (including phenoxy) is 1. The van der Waals surface area contributed by atoms with Gasteiger partial charge in [0.1, 0.15) is 5.82 Å². The number of nitrogens with two attached hydrogens (primary N) is 1. The zero-order chi connectivity index (χ0) is 17.5. The van der Waals surface area contributed by atoms with E-state index >= 15 is 0 Å². The molecule has 8 heteroatoms. The van der Waals surface area contributed by atoms with Gasteiger partial charge in [0, 0.05) is 19.1 Å². The van der Waals surface area contributed by atoms with Gasteiger partial charge < -0.3 is 20.7 Å². The van der Waals surface area contributed by atoms with Crippen LogP contribution < -0.4 is 11.1 Å². The van der Waals surface area contributed by atoms with Crippen LogP contribution in [0, 0.1) is 12.7 Å². The summed E-state index contributed by atoms with van der Waals surface area (Å²) in [5.74, 6) is 0.103. The Bertz CT molecular complexity index is 604. The van der Waals surface area contributed by atoms with E-state index in [1.165, 1.54) is 6.07 Å². The lowest BCUT2D eigenvalue weighted by atomic mass is 10.1. The summed E-state index contributed by atoms with van der Waals surface area (Å²) in [6.07, 6.45) is 1.31. The first-order valence-electron chi connectivity index (χ1n) is 8.22. The molecule has 1 aliphatic rings. The molecule has 1 amide bonds. The number of nitrogens with zero attached hydrogens (tertiary/aromatic N) is 2. The molecule has 0 atom stereocenters. The smallest absolute Gasteiger partial charge is 0.409 e. The van der Waals surface area contributed by atoms with Crippen LogP contribution in [0.4, 0.5) is 9.18 Å². The molecular weight excluding hydrogens is 438 g/mol. The Morgan fingerprint density at radius 3 is 2.72 bits per heavy atom. The lowest BCUT2D eigenvalue weighted by molar-refractivity contribution is 0.0963. The Hall–Kier alpha value is -1.58. The summed E-state index contributed by atoms with van der Waals surface area (Å²) in [7, 11) is 0. The van der Waals surface area contributed by atoms with E-state index in [4.69, 9.17) is 10.5 Å². The number of aryl methyl sites for hydroxylation is 1. The summed E-state index contributed by atoms with van der Waals surface area (Å²) in [5, 5.41) is 3.16. The summed E-state index contributed by atoms with van der Waals surface area (Å²) in [5.41, 5.74) is 7.29. The number of nitrogens with one attached hydrogen (secondary N) is 1. The molecule has 0 bridgehead atoms. The van der Waals surface area contributed by atoms with Crippen molar-refractivity contribution < 1.29 is 13.9 Å². The van der Waals surface area contributed by atoms with Crippen LogP contribution in [0.1, 0.15) is 30.9 Å². The van der Waals surface area contributed by atoms with Crippen molar-refractivity contribution >= 4 is 36.0 Å². The molecule has 1 aromatic rings. The lowest BCUT2D eigenvalue weighted by Gasteiger charge is -2.31. The highest BCUT2D eigenvalue weighted by atomic mass is 127. The summed E-state index contributed by atoms with van der Waals surface area (Å²) in [6.45, 7) is 5.50. The van der Waals surface area contributed by atoms with Gasteiger partial charge in [-0.25, -0.2) is 14.2 Å². The van der Waals surface area contributed by atoms with Gasteiger partial charge in [0.2, 0.25) is 0 Å². The molecule has 0 aliphatic carbocycles. The van der Waals surface area contributed by atoms with Crippen LogP contribution in [0.15, 0.2) is 23.2 Å². The standard InChI is InChI=1S/C17H25FN4O2.HI/c1-3-24-17(23)22-8-6-14(7-9-22)21-16(19)20-11-13-5-4-12(2)15(18)10-13;/h4-5,10,14H,3,6-9,11H2,1-2H3,(H3,19,20,21);1H. The maximum atomic E-state index is 13.5. The molecule has 0 saturated carbocycles. The van der Waals surface area contributed by atoms with Crippen molar-refractivity contribution in [3.63, 3.8) is 0 Å². The van der Waals surface area contributed by atoms with Gasteiger partial charge in [0.05, 0.1) is 13.2 Å². The molecule has 0 unspecified atom stereocenters. The molecule has 2 rings (SSSR count). The van der Waals surface area contributed by atoms with Crippen LogP contribution in [0.3, 0.4) is 0 Å². The van der Waals surface area contributed by atoms with Gasteiger partial charge in [-0.2, -0.15) is 0 Å². The number of aliphatic imine (C=N–C) groups is 1. The molecule has 6 nitrogen and oxygen atoms in total. The molecule has 0 radical (unpaired) electrons. The SMILES string of the molecule is CCOC(=O)N1CCC(NC(N)=NCc2ccc(C)c(F)c2)CC1.I. The normalized spacial score (nSPS) is 15.5. The molecule has 0 aromatic heterocycles. The average molecular weight is 464 g/mol. The Labute approximate surface area is 165 Å². The molecule has 1 aliphatic heterocycles. The number of hydrogen-bond donors (Lipinski definition) is 2. The minimum absolute atomic E-state index is 0. The molecule has 1 fully saturated rings. The van der Waals surface area contributed by atoms with E-state index < -0.39 is 0 Å². The Morgan fingerprint density at radius 2 is 2.12 bits per heavy atom. The molecule has 25 heavy (non-hydrogen) atoms. The first-order valence-corrected chi connectivity index (χ1v) is 8.22. The molecule has 1 heterocycles. The number of halogens is 2. The number of amides is 1. The van der Waals surface area contributed by atoms with E-state index in [2.05, 4.69) is 10.3 Å². The summed E-state index contributed by atoms with van der Waals surface area (Å²) in [4.78, 5) is 17.6. The molecule has 140 valence electrons. The maximum absolute atomic E-state index is 13.5. The number of carbonyl (C=O) groups is 1. The largest absolute Gasteiger partial charge is 0.450 e. The molecule has 1 saturated heterocycles. The zero-order valence-corrected chi connectivity index (χ0v) is 17.0. The van der Waals surface area contributed by atoms with E-state index in [0.717, 1.165) is 18.4 Å². The third kappa shape index (κ3) is 6.68. The lowest BCUT2D eigenvalue weighted by Crippen LogP contribution is -2.48. The minimum atomic E-state index is -0.265. The molecule has 0 spiro atoms. The van der Waals surface area contributed by atoms with Crippen LogP contribution in [0.2, 0.25) is 0 Å². The van der Waals surface area contributed by atoms with Gasteiger partial charge in [-0.05, 0) is 43.9 Å². The fourth-order valence-corrected chi connectivity index (χ4v) is 2.59. The van der Waals surface area contributed by atoms with Crippen molar-refractivity contribution in [1.82, 2.24) is 10.2 Å². The van der Waals surface area contributed by atoms with Crippen molar-refractivity contribution in [2.75, 3.05) is 19.7 Å². The zero-order valence-electron chi connectivity index (χ0n) is 14.6. The van der Waals surface area contributed by atoms with Crippen molar-refractivity contribution in [2.45, 2.75) is 39.3 Å². The summed E-state index contributed by atoms with van der Waals surface area (Å²) < 4.78 is 18.5. The van der Waals surface area contributed by atoms with E-state index in [-0.39, 0.29) is 41.9 Å². The van der Waals surface area contributed by atoms with Crippen LogP contribution in [0.5, 0.6) is 0 Å². The first-order chi connectivity index (χ1) is 11.5. The first kappa shape index (κ1) is 21.5. The van der Waals surface area contributed by atoms with Crippen molar-refractivity contribution in [1.29, 1.82) is 0 Å². The number of hydrogen-bond acceptors (Lipinski definition) is 3. The summed E-state index contributed by atoms with van der Waals surface area (Å²) >= 11 is 0. The third-order valence-corrected chi connectivity index (χ3v) is 4.04. The third-order valence-electron chi connectivity index (χ3n) is 4.04. The van der Waals surface area contributed by atoms with E-state index in [9.17, 15) is 9.18 Å². The highest BCUT2D eigenvalue weighted by Crippen LogP contribution is 2.12. The number of guanidine groups is 1. The van der Waals surface area contributed by atoms with Crippen molar-refractivity contribution in [2.24, 2.45) is 10.7 Å². The number of benzene rings is 1. The second-order valence-electron chi connectivity index (χ2n) is 5.89. The fraction of sp³-hybridized carbons (Fsp3) is 0.529. The summed E-state index contributed by atoms with van der Waals surface area (Å²) in [6, 6.07) is 5.22. The maximum Gasteiger partial charge on any atom is 0.409 e. The predicted molar refractivity (Wildman–Crippen MR) is 107 cm³/mol. The highest BCUT2D eigenvalue weighted by molar-refractivity contribution is 14.0. The second kappa shape index (κ2) is 10.4. The van der Waals surface area contributed by atoms with E-state index in [0.29, 0.717) is 37.8 Å². The monoisotopic (exact) mass is 464 g/mol. The minimum Gasteiger partial charge on any atom is -0.450 e. The van der Waals surface area contributed by atoms with Crippen LogP contribution in [-0.2, 0) is 11.3 Å². The molecule has 3 N–H and O–H groups in total. The van der Waals surface area contributed by atoms with Crippen molar-refractivity contribution in [3.8, 4) is 0 Å². The highest BCUT2D eigenvalue weighted by Gasteiger charge is 2.23. The molecular formula is C17H26FIN4O2. The van der Waals surface area contributed by atoms with Gasteiger partial charge in [0.15, 0.2) is 5.96 Å². The van der Waals surface area contributed by atoms with Gasteiger partial charge in [-0.1, -0.05) is 12.1 Å². The van der Waals surface area contributed by atoms with Crippen molar-refractivity contribution in [3.05, 3.63) is 35.1 Å². The Morgan fingerprint density at radius 1 is 1.44 bits per heavy atom.